The van der Waals surface area contributed by atoms with Crippen LogP contribution in [0.1, 0.15) is 43.1 Å². The van der Waals surface area contributed by atoms with E-state index in [9.17, 15) is 4.79 Å². The fourth-order valence-electron chi connectivity index (χ4n) is 2.83. The highest BCUT2D eigenvalue weighted by molar-refractivity contribution is 5.88. The zero-order chi connectivity index (χ0) is 13.3. The fourth-order valence-corrected chi connectivity index (χ4v) is 2.83. The Hall–Kier alpha value is -1.51. The quantitative estimate of drug-likeness (QED) is 0.888. The summed E-state index contributed by atoms with van der Waals surface area (Å²) < 4.78 is 0. The van der Waals surface area contributed by atoms with Crippen LogP contribution in [0.25, 0.3) is 0 Å². The summed E-state index contributed by atoms with van der Waals surface area (Å²) in [6.45, 7) is 7.73. The Bertz CT molecular complexity index is 454. The van der Waals surface area contributed by atoms with Crippen LogP contribution in [0.15, 0.2) is 18.2 Å². The number of hydrogen-bond acceptors (Lipinski definition) is 2. The highest BCUT2D eigenvalue weighted by Crippen LogP contribution is 2.31. The van der Waals surface area contributed by atoms with Crippen LogP contribution in [0.2, 0.25) is 0 Å². The summed E-state index contributed by atoms with van der Waals surface area (Å²) in [4.78, 5) is 13.4. The zero-order valence-corrected chi connectivity index (χ0v) is 11.3. The molecule has 1 unspecified atom stereocenters. The van der Waals surface area contributed by atoms with E-state index in [2.05, 4.69) is 25.7 Å². The number of benzene rings is 1. The molecular weight excluding hydrogens is 226 g/mol. The summed E-state index contributed by atoms with van der Waals surface area (Å²) in [5.41, 5.74) is 2.78. The molecule has 0 aromatic heterocycles. The van der Waals surface area contributed by atoms with Gasteiger partial charge in [-0.05, 0) is 49.4 Å². The van der Waals surface area contributed by atoms with Gasteiger partial charge < -0.3 is 10.0 Å². The zero-order valence-electron chi connectivity index (χ0n) is 11.3. The van der Waals surface area contributed by atoms with Gasteiger partial charge in [0.15, 0.2) is 0 Å². The summed E-state index contributed by atoms with van der Waals surface area (Å²) in [7, 11) is 0. The van der Waals surface area contributed by atoms with E-state index in [-0.39, 0.29) is 0 Å². The maximum atomic E-state index is 10.9. The first-order chi connectivity index (χ1) is 8.49. The van der Waals surface area contributed by atoms with Crippen molar-refractivity contribution in [2.45, 2.75) is 39.7 Å². The van der Waals surface area contributed by atoms with Crippen LogP contribution < -0.4 is 4.90 Å². The molecule has 0 amide bonds. The topological polar surface area (TPSA) is 40.5 Å². The molecule has 0 spiro atoms. The third-order valence-corrected chi connectivity index (χ3v) is 3.60. The maximum absolute atomic E-state index is 10.9. The van der Waals surface area contributed by atoms with Gasteiger partial charge in [-0.15, -0.1) is 0 Å². The van der Waals surface area contributed by atoms with Gasteiger partial charge in [-0.2, -0.15) is 0 Å². The molecule has 0 radical (unpaired) electrons. The van der Waals surface area contributed by atoms with Gasteiger partial charge in [0, 0.05) is 18.3 Å². The standard InChI is InChI=1S/C15H21NO2/c1-10(2)8-11(3)16-7-6-12-9-13(15(17)18)4-5-14(12)16/h4-5,9-11H,6-8H2,1-3H3,(H,17,18). The largest absolute Gasteiger partial charge is 0.478 e. The number of aromatic carboxylic acids is 1. The van der Waals surface area contributed by atoms with Crippen LogP contribution in [0.4, 0.5) is 5.69 Å². The Morgan fingerprint density at radius 2 is 2.11 bits per heavy atom. The molecule has 2 rings (SSSR count). The van der Waals surface area contributed by atoms with E-state index >= 15 is 0 Å². The van der Waals surface area contributed by atoms with Crippen molar-refractivity contribution in [2.24, 2.45) is 5.92 Å². The molecule has 3 nitrogen and oxygen atoms in total. The fraction of sp³-hybridized carbons (Fsp3) is 0.533. The molecule has 0 fully saturated rings. The number of carboxylic acid groups (broad SMARTS) is 1. The molecule has 0 aliphatic carbocycles. The summed E-state index contributed by atoms with van der Waals surface area (Å²) in [6.07, 6.45) is 2.12. The first kappa shape index (κ1) is 12.9. The van der Waals surface area contributed by atoms with Crippen molar-refractivity contribution in [3.63, 3.8) is 0 Å². The van der Waals surface area contributed by atoms with Gasteiger partial charge in [-0.25, -0.2) is 4.79 Å². The smallest absolute Gasteiger partial charge is 0.335 e. The maximum Gasteiger partial charge on any atom is 0.335 e. The van der Waals surface area contributed by atoms with Gasteiger partial charge in [0.2, 0.25) is 0 Å². The predicted octanol–water partition coefficient (Wildman–Crippen LogP) is 3.18. The molecule has 1 N–H and O–H groups in total. The lowest BCUT2D eigenvalue weighted by Gasteiger charge is -2.28. The minimum atomic E-state index is -0.841. The lowest BCUT2D eigenvalue weighted by atomic mass is 10.0. The normalized spacial score (nSPS) is 15.9. The van der Waals surface area contributed by atoms with Crippen molar-refractivity contribution >= 4 is 11.7 Å². The van der Waals surface area contributed by atoms with Crippen molar-refractivity contribution in [3.05, 3.63) is 29.3 Å². The van der Waals surface area contributed by atoms with Gasteiger partial charge in [0.05, 0.1) is 5.56 Å². The summed E-state index contributed by atoms with van der Waals surface area (Å²) in [5, 5.41) is 9.00. The van der Waals surface area contributed by atoms with Crippen molar-refractivity contribution in [1.29, 1.82) is 0 Å². The number of nitrogens with zero attached hydrogens (tertiary/aromatic N) is 1. The lowest BCUT2D eigenvalue weighted by Crippen LogP contribution is -2.32. The Labute approximate surface area is 108 Å². The Morgan fingerprint density at radius 1 is 1.39 bits per heavy atom. The van der Waals surface area contributed by atoms with Gasteiger partial charge in [-0.3, -0.25) is 0 Å². The molecule has 1 aliphatic rings. The van der Waals surface area contributed by atoms with Crippen molar-refractivity contribution in [1.82, 2.24) is 0 Å². The molecule has 0 bridgehead atoms. The SMILES string of the molecule is CC(C)CC(C)N1CCc2cc(C(=O)O)ccc21. The average Bonchev–Trinajstić information content (AvgIpc) is 2.70. The third-order valence-electron chi connectivity index (χ3n) is 3.60. The first-order valence-corrected chi connectivity index (χ1v) is 6.62. The average molecular weight is 247 g/mol. The van der Waals surface area contributed by atoms with Crippen LogP contribution in [0.5, 0.6) is 0 Å². The van der Waals surface area contributed by atoms with Gasteiger partial charge >= 0.3 is 5.97 Å². The number of carboxylic acids is 1. The molecule has 98 valence electrons. The van der Waals surface area contributed by atoms with E-state index in [0.29, 0.717) is 17.5 Å². The molecule has 3 heteroatoms. The van der Waals surface area contributed by atoms with Gasteiger partial charge in [-0.1, -0.05) is 13.8 Å². The number of carbonyl (C=O) groups is 1. The van der Waals surface area contributed by atoms with E-state index in [4.69, 9.17) is 5.11 Å². The van der Waals surface area contributed by atoms with E-state index < -0.39 is 5.97 Å². The highest BCUT2D eigenvalue weighted by Gasteiger charge is 2.24. The molecule has 1 aromatic carbocycles. The second kappa shape index (κ2) is 5.01. The van der Waals surface area contributed by atoms with Crippen LogP contribution in [0, 0.1) is 5.92 Å². The molecule has 1 aromatic rings. The molecular formula is C15H21NO2. The number of hydrogen-bond donors (Lipinski definition) is 1. The number of anilines is 1. The lowest BCUT2D eigenvalue weighted by molar-refractivity contribution is 0.0697. The van der Waals surface area contributed by atoms with E-state index in [0.717, 1.165) is 13.0 Å². The minimum absolute atomic E-state index is 0.395. The monoisotopic (exact) mass is 247 g/mol. The van der Waals surface area contributed by atoms with E-state index in [1.54, 1.807) is 6.07 Å². The van der Waals surface area contributed by atoms with Crippen molar-refractivity contribution in [2.75, 3.05) is 11.4 Å². The Kier molecular flexibility index (Phi) is 3.60. The highest BCUT2D eigenvalue weighted by atomic mass is 16.4. The second-order valence-corrected chi connectivity index (χ2v) is 5.57. The molecule has 18 heavy (non-hydrogen) atoms. The van der Waals surface area contributed by atoms with E-state index in [1.807, 2.05) is 12.1 Å². The van der Waals surface area contributed by atoms with Crippen LogP contribution in [-0.2, 0) is 6.42 Å². The van der Waals surface area contributed by atoms with Gasteiger partial charge in [0.25, 0.3) is 0 Å². The van der Waals surface area contributed by atoms with Crippen molar-refractivity contribution < 1.29 is 9.90 Å². The van der Waals surface area contributed by atoms with Crippen LogP contribution in [-0.4, -0.2) is 23.7 Å². The van der Waals surface area contributed by atoms with Crippen LogP contribution in [0.3, 0.4) is 0 Å². The molecule has 1 atom stereocenters. The van der Waals surface area contributed by atoms with Crippen molar-refractivity contribution in [3.8, 4) is 0 Å². The summed E-state index contributed by atoms with van der Waals surface area (Å²) in [5.74, 6) is -0.158. The summed E-state index contributed by atoms with van der Waals surface area (Å²) in [6, 6.07) is 6.01. The number of fused-ring (bicyclic) bond motifs is 1. The molecule has 0 saturated carbocycles. The Balaban J connectivity index is 2.21. The third kappa shape index (κ3) is 2.50. The molecule has 1 heterocycles. The molecule has 1 aliphatic heterocycles. The second-order valence-electron chi connectivity index (χ2n) is 5.57. The summed E-state index contributed by atoms with van der Waals surface area (Å²) >= 11 is 0. The van der Waals surface area contributed by atoms with E-state index in [1.165, 1.54) is 17.7 Å². The minimum Gasteiger partial charge on any atom is -0.478 e. The number of rotatable bonds is 4. The van der Waals surface area contributed by atoms with Gasteiger partial charge in [0.1, 0.15) is 0 Å². The predicted molar refractivity (Wildman–Crippen MR) is 73.4 cm³/mol. The Morgan fingerprint density at radius 3 is 2.72 bits per heavy atom. The van der Waals surface area contributed by atoms with Crippen LogP contribution >= 0.6 is 0 Å². The molecule has 0 saturated heterocycles. The first-order valence-electron chi connectivity index (χ1n) is 6.62.